The molecule has 1 saturated carbocycles. The third-order valence-corrected chi connectivity index (χ3v) is 4.68. The number of carbonyl (C=O) groups is 1. The smallest absolute Gasteiger partial charge is 0.319 e. The van der Waals surface area contributed by atoms with Gasteiger partial charge in [-0.3, -0.25) is 0 Å². The fourth-order valence-corrected chi connectivity index (χ4v) is 3.44. The molecule has 1 aromatic heterocycles. The van der Waals surface area contributed by atoms with Crippen molar-refractivity contribution in [3.8, 4) is 0 Å². The molecule has 1 aliphatic heterocycles. The van der Waals surface area contributed by atoms with Crippen LogP contribution in [0.5, 0.6) is 0 Å². The Kier molecular flexibility index (Phi) is 4.47. The first kappa shape index (κ1) is 15.1. The lowest BCUT2D eigenvalue weighted by Gasteiger charge is -2.28. The van der Waals surface area contributed by atoms with Gasteiger partial charge in [0.05, 0.1) is 17.8 Å². The average Bonchev–Trinajstić information content (AvgIpc) is 3.19. The molecule has 2 amide bonds. The standard InChI is InChI=1S/C16H24N4O2/c21-12-16(7-1-2-8-16)19-15(22)18-13-6-5-9-17-14(13)20-10-3-4-11-20/h5-6,9,21H,1-4,7-8,10-12H2,(H2,18,19,22). The minimum atomic E-state index is -0.458. The molecule has 1 aromatic rings. The van der Waals surface area contributed by atoms with E-state index in [-0.39, 0.29) is 12.6 Å². The first-order valence-corrected chi connectivity index (χ1v) is 8.12. The second-order valence-corrected chi connectivity index (χ2v) is 6.29. The van der Waals surface area contributed by atoms with Crippen LogP contribution in [0.2, 0.25) is 0 Å². The topological polar surface area (TPSA) is 77.5 Å². The minimum absolute atomic E-state index is 0.00750. The zero-order valence-corrected chi connectivity index (χ0v) is 12.8. The van der Waals surface area contributed by atoms with Crippen LogP contribution in [0.3, 0.4) is 0 Å². The van der Waals surface area contributed by atoms with E-state index < -0.39 is 5.54 Å². The molecule has 1 aliphatic carbocycles. The van der Waals surface area contributed by atoms with Crippen molar-refractivity contribution >= 4 is 17.5 Å². The number of rotatable bonds is 4. The molecule has 3 N–H and O–H groups in total. The Hall–Kier alpha value is -1.82. The van der Waals surface area contributed by atoms with E-state index >= 15 is 0 Å². The zero-order chi connectivity index (χ0) is 15.4. The lowest BCUT2D eigenvalue weighted by Crippen LogP contribution is -2.50. The number of nitrogens with one attached hydrogen (secondary N) is 2. The summed E-state index contributed by atoms with van der Waals surface area (Å²) in [5.74, 6) is 0.833. The van der Waals surface area contributed by atoms with Crippen LogP contribution in [0.25, 0.3) is 0 Å². The maximum atomic E-state index is 12.3. The number of pyridine rings is 1. The van der Waals surface area contributed by atoms with Crippen molar-refractivity contribution in [2.24, 2.45) is 0 Å². The quantitative estimate of drug-likeness (QED) is 0.796. The van der Waals surface area contributed by atoms with Crippen LogP contribution in [0.15, 0.2) is 18.3 Å². The fourth-order valence-electron chi connectivity index (χ4n) is 3.44. The van der Waals surface area contributed by atoms with Crippen LogP contribution in [-0.2, 0) is 0 Å². The monoisotopic (exact) mass is 304 g/mol. The SMILES string of the molecule is O=C(Nc1cccnc1N1CCCC1)NC1(CO)CCCC1. The van der Waals surface area contributed by atoms with Gasteiger partial charge in [0.1, 0.15) is 0 Å². The zero-order valence-electron chi connectivity index (χ0n) is 12.8. The maximum Gasteiger partial charge on any atom is 0.319 e. The molecule has 2 fully saturated rings. The van der Waals surface area contributed by atoms with Crippen molar-refractivity contribution in [3.63, 3.8) is 0 Å². The first-order valence-electron chi connectivity index (χ1n) is 8.12. The Morgan fingerprint density at radius 2 is 2.00 bits per heavy atom. The third kappa shape index (κ3) is 3.16. The number of aliphatic hydroxyl groups excluding tert-OH is 1. The minimum Gasteiger partial charge on any atom is -0.394 e. The number of hydrogen-bond donors (Lipinski definition) is 3. The molecular weight excluding hydrogens is 280 g/mol. The summed E-state index contributed by atoms with van der Waals surface area (Å²) in [5.41, 5.74) is 0.271. The van der Waals surface area contributed by atoms with Crippen molar-refractivity contribution in [1.82, 2.24) is 10.3 Å². The van der Waals surface area contributed by atoms with Crippen molar-refractivity contribution < 1.29 is 9.90 Å². The van der Waals surface area contributed by atoms with Crippen molar-refractivity contribution in [1.29, 1.82) is 0 Å². The third-order valence-electron chi connectivity index (χ3n) is 4.68. The molecule has 2 heterocycles. The average molecular weight is 304 g/mol. The molecule has 6 nitrogen and oxygen atoms in total. The van der Waals surface area contributed by atoms with Gasteiger partial charge in [-0.2, -0.15) is 0 Å². The van der Waals surface area contributed by atoms with Crippen LogP contribution in [0.1, 0.15) is 38.5 Å². The fraction of sp³-hybridized carbons (Fsp3) is 0.625. The normalized spacial score (nSPS) is 20.1. The van der Waals surface area contributed by atoms with Gasteiger partial charge in [-0.1, -0.05) is 12.8 Å². The molecule has 2 aliphatic rings. The predicted molar refractivity (Wildman–Crippen MR) is 86.1 cm³/mol. The van der Waals surface area contributed by atoms with Crippen molar-refractivity contribution in [3.05, 3.63) is 18.3 Å². The Bertz CT molecular complexity index is 523. The molecule has 0 spiro atoms. The van der Waals surface area contributed by atoms with E-state index in [9.17, 15) is 9.90 Å². The van der Waals surface area contributed by atoms with Crippen molar-refractivity contribution in [2.75, 3.05) is 29.9 Å². The number of amides is 2. The van der Waals surface area contributed by atoms with E-state index in [2.05, 4.69) is 20.5 Å². The number of carbonyl (C=O) groups excluding carboxylic acids is 1. The molecular formula is C16H24N4O2. The maximum absolute atomic E-state index is 12.3. The van der Waals surface area contributed by atoms with E-state index in [1.807, 2.05) is 12.1 Å². The summed E-state index contributed by atoms with van der Waals surface area (Å²) in [6.07, 6.45) is 7.85. The molecule has 0 unspecified atom stereocenters. The molecule has 22 heavy (non-hydrogen) atoms. The van der Waals surface area contributed by atoms with Gasteiger partial charge in [-0.25, -0.2) is 9.78 Å². The summed E-state index contributed by atoms with van der Waals surface area (Å²) in [7, 11) is 0. The van der Waals surface area contributed by atoms with Crippen LogP contribution < -0.4 is 15.5 Å². The van der Waals surface area contributed by atoms with Gasteiger partial charge < -0.3 is 20.6 Å². The number of aliphatic hydroxyl groups is 1. The van der Waals surface area contributed by atoms with Gasteiger partial charge in [0.2, 0.25) is 0 Å². The van der Waals surface area contributed by atoms with Gasteiger partial charge in [0.15, 0.2) is 5.82 Å². The van der Waals surface area contributed by atoms with E-state index in [1.54, 1.807) is 6.20 Å². The molecule has 0 atom stereocenters. The van der Waals surface area contributed by atoms with Crippen LogP contribution in [0, 0.1) is 0 Å². The van der Waals surface area contributed by atoms with Crippen LogP contribution in [-0.4, -0.2) is 41.4 Å². The van der Waals surface area contributed by atoms with Gasteiger partial charge in [0.25, 0.3) is 0 Å². The molecule has 1 saturated heterocycles. The predicted octanol–water partition coefficient (Wildman–Crippen LogP) is 2.11. The number of aromatic nitrogens is 1. The van der Waals surface area contributed by atoms with Gasteiger partial charge >= 0.3 is 6.03 Å². The molecule has 6 heteroatoms. The number of urea groups is 1. The van der Waals surface area contributed by atoms with E-state index in [4.69, 9.17) is 0 Å². The first-order chi connectivity index (χ1) is 10.7. The highest BCUT2D eigenvalue weighted by Gasteiger charge is 2.34. The highest BCUT2D eigenvalue weighted by atomic mass is 16.3. The number of anilines is 2. The second-order valence-electron chi connectivity index (χ2n) is 6.29. The highest BCUT2D eigenvalue weighted by Crippen LogP contribution is 2.30. The number of nitrogens with zero attached hydrogens (tertiary/aromatic N) is 2. The summed E-state index contributed by atoms with van der Waals surface area (Å²) >= 11 is 0. The van der Waals surface area contributed by atoms with Crippen LogP contribution in [0.4, 0.5) is 16.3 Å². The van der Waals surface area contributed by atoms with Gasteiger partial charge in [-0.15, -0.1) is 0 Å². The molecule has 120 valence electrons. The van der Waals surface area contributed by atoms with Gasteiger partial charge in [0, 0.05) is 19.3 Å². The summed E-state index contributed by atoms with van der Waals surface area (Å²) in [6, 6.07) is 3.44. The van der Waals surface area contributed by atoms with Gasteiger partial charge in [-0.05, 0) is 37.8 Å². The van der Waals surface area contributed by atoms with E-state index in [1.165, 1.54) is 0 Å². The van der Waals surface area contributed by atoms with Crippen LogP contribution >= 0.6 is 0 Å². The molecule has 3 rings (SSSR count). The van der Waals surface area contributed by atoms with Crippen molar-refractivity contribution in [2.45, 2.75) is 44.1 Å². The molecule has 0 bridgehead atoms. The van der Waals surface area contributed by atoms with E-state index in [0.717, 1.165) is 63.1 Å². The lowest BCUT2D eigenvalue weighted by molar-refractivity contribution is 0.167. The number of hydrogen-bond acceptors (Lipinski definition) is 4. The Labute approximate surface area is 130 Å². The Balaban J connectivity index is 1.68. The Morgan fingerprint density at radius 3 is 2.68 bits per heavy atom. The highest BCUT2D eigenvalue weighted by molar-refractivity contribution is 5.92. The Morgan fingerprint density at radius 1 is 1.27 bits per heavy atom. The summed E-state index contributed by atoms with van der Waals surface area (Å²) in [6.45, 7) is 1.95. The molecule has 0 radical (unpaired) electrons. The van der Waals surface area contributed by atoms with E-state index in [0.29, 0.717) is 0 Å². The lowest BCUT2D eigenvalue weighted by atomic mass is 9.99. The summed E-state index contributed by atoms with van der Waals surface area (Å²) in [4.78, 5) is 18.9. The largest absolute Gasteiger partial charge is 0.394 e. The second kappa shape index (κ2) is 6.52. The molecule has 0 aromatic carbocycles. The summed E-state index contributed by atoms with van der Waals surface area (Å²) in [5, 5.41) is 15.5. The summed E-state index contributed by atoms with van der Waals surface area (Å²) < 4.78 is 0.